The van der Waals surface area contributed by atoms with Crippen LogP contribution in [0.15, 0.2) is 17.2 Å². The first-order chi connectivity index (χ1) is 9.42. The van der Waals surface area contributed by atoms with Gasteiger partial charge in [-0.2, -0.15) is 0 Å². The molecule has 1 aliphatic rings. The van der Waals surface area contributed by atoms with Gasteiger partial charge in [0.15, 0.2) is 0 Å². The predicted octanol–water partition coefficient (Wildman–Crippen LogP) is 0.579. The van der Waals surface area contributed by atoms with Crippen LogP contribution < -0.4 is 10.5 Å². The average Bonchev–Trinajstić information content (AvgIpc) is 3.09. The van der Waals surface area contributed by atoms with Crippen molar-refractivity contribution in [2.45, 2.75) is 30.7 Å². The highest BCUT2D eigenvalue weighted by Crippen LogP contribution is 2.48. The molecule has 2 rings (SSSR count). The maximum Gasteiger partial charge on any atom is 0.242 e. The van der Waals surface area contributed by atoms with E-state index in [0.29, 0.717) is 19.7 Å². The minimum absolute atomic E-state index is 0.0918. The summed E-state index contributed by atoms with van der Waals surface area (Å²) in [6, 6.07) is 1.62. The second-order valence-electron chi connectivity index (χ2n) is 5.55. The van der Waals surface area contributed by atoms with Gasteiger partial charge in [-0.25, -0.2) is 13.1 Å². The Labute approximate surface area is 120 Å². The Hall–Kier alpha value is -0.890. The largest absolute Gasteiger partial charge is 0.385 e. The van der Waals surface area contributed by atoms with Crippen molar-refractivity contribution < 1.29 is 13.2 Å². The monoisotopic (exact) mass is 301 g/mol. The number of nitrogens with zero attached hydrogens (tertiary/aromatic N) is 1. The summed E-state index contributed by atoms with van der Waals surface area (Å²) < 4.78 is 34.1. The van der Waals surface area contributed by atoms with Crippen molar-refractivity contribution in [3.8, 4) is 0 Å². The lowest BCUT2D eigenvalue weighted by Gasteiger charge is -2.15. The van der Waals surface area contributed by atoms with Crippen LogP contribution in [-0.2, 0) is 28.4 Å². The molecule has 1 aromatic rings. The standard InChI is InChI=1S/C13H23N3O3S/c1-16-9-12(7-11(16)8-14)20(17,18)15-10-13(3-4-13)5-6-19-2/h7,9,15H,3-6,8,10,14H2,1-2H3. The number of nitrogens with one attached hydrogen (secondary N) is 1. The van der Waals surface area contributed by atoms with Gasteiger partial charge in [-0.05, 0) is 30.7 Å². The van der Waals surface area contributed by atoms with Crippen molar-refractivity contribution in [3.63, 3.8) is 0 Å². The third-order valence-electron chi connectivity index (χ3n) is 4.03. The summed E-state index contributed by atoms with van der Waals surface area (Å²) in [6.07, 6.45) is 4.61. The van der Waals surface area contributed by atoms with Crippen LogP contribution >= 0.6 is 0 Å². The van der Waals surface area contributed by atoms with Gasteiger partial charge in [0.1, 0.15) is 0 Å². The number of aromatic nitrogens is 1. The highest BCUT2D eigenvalue weighted by Gasteiger charge is 2.42. The average molecular weight is 301 g/mol. The number of rotatable bonds is 8. The second kappa shape index (κ2) is 5.85. The molecular weight excluding hydrogens is 278 g/mol. The van der Waals surface area contributed by atoms with Crippen molar-refractivity contribution in [1.29, 1.82) is 0 Å². The number of methoxy groups -OCH3 is 1. The first-order valence-corrected chi connectivity index (χ1v) is 8.25. The summed E-state index contributed by atoms with van der Waals surface area (Å²) in [5, 5.41) is 0. The molecule has 20 heavy (non-hydrogen) atoms. The van der Waals surface area contributed by atoms with E-state index in [1.165, 1.54) is 0 Å². The van der Waals surface area contributed by atoms with E-state index in [1.807, 2.05) is 0 Å². The van der Waals surface area contributed by atoms with Crippen molar-refractivity contribution in [3.05, 3.63) is 18.0 Å². The Kier molecular flexibility index (Phi) is 4.53. The van der Waals surface area contributed by atoms with Crippen molar-refractivity contribution in [1.82, 2.24) is 9.29 Å². The van der Waals surface area contributed by atoms with E-state index in [4.69, 9.17) is 10.5 Å². The zero-order valence-electron chi connectivity index (χ0n) is 12.1. The third-order valence-corrected chi connectivity index (χ3v) is 5.40. The maximum absolute atomic E-state index is 12.3. The first-order valence-electron chi connectivity index (χ1n) is 6.76. The predicted molar refractivity (Wildman–Crippen MR) is 76.7 cm³/mol. The molecule has 1 saturated carbocycles. The molecule has 1 heterocycles. The molecule has 0 amide bonds. The fraction of sp³-hybridized carbons (Fsp3) is 0.692. The molecule has 0 aliphatic heterocycles. The lowest BCUT2D eigenvalue weighted by molar-refractivity contribution is 0.173. The molecule has 114 valence electrons. The van der Waals surface area contributed by atoms with E-state index >= 15 is 0 Å². The van der Waals surface area contributed by atoms with Gasteiger partial charge in [0, 0.05) is 45.7 Å². The molecule has 1 fully saturated rings. The Balaban J connectivity index is 2.00. The highest BCUT2D eigenvalue weighted by molar-refractivity contribution is 7.89. The van der Waals surface area contributed by atoms with Gasteiger partial charge in [-0.1, -0.05) is 0 Å². The maximum atomic E-state index is 12.3. The SMILES string of the molecule is COCCC1(CNS(=O)(=O)c2cc(CN)n(C)c2)CC1. The summed E-state index contributed by atoms with van der Waals surface area (Å²) >= 11 is 0. The Morgan fingerprint density at radius 2 is 2.20 bits per heavy atom. The molecule has 0 spiro atoms. The second-order valence-corrected chi connectivity index (χ2v) is 7.32. The van der Waals surface area contributed by atoms with E-state index in [-0.39, 0.29) is 10.3 Å². The minimum atomic E-state index is -3.46. The molecule has 3 N–H and O–H groups in total. The Morgan fingerprint density at radius 1 is 1.50 bits per heavy atom. The van der Waals surface area contributed by atoms with Crippen molar-refractivity contribution in [2.24, 2.45) is 18.2 Å². The van der Waals surface area contributed by atoms with Gasteiger partial charge < -0.3 is 15.0 Å². The zero-order chi connectivity index (χ0) is 14.8. The highest BCUT2D eigenvalue weighted by atomic mass is 32.2. The van der Waals surface area contributed by atoms with Gasteiger partial charge >= 0.3 is 0 Å². The van der Waals surface area contributed by atoms with E-state index < -0.39 is 10.0 Å². The van der Waals surface area contributed by atoms with Gasteiger partial charge in [0.05, 0.1) is 4.90 Å². The van der Waals surface area contributed by atoms with Crippen molar-refractivity contribution >= 4 is 10.0 Å². The normalized spacial score (nSPS) is 17.4. The molecule has 0 unspecified atom stereocenters. The molecule has 0 aromatic carbocycles. The number of aryl methyl sites for hydroxylation is 1. The van der Waals surface area contributed by atoms with Gasteiger partial charge in [0.25, 0.3) is 0 Å². The summed E-state index contributed by atoms with van der Waals surface area (Å²) in [5.74, 6) is 0. The molecule has 1 aromatic heterocycles. The molecule has 7 heteroatoms. The fourth-order valence-corrected chi connectivity index (χ4v) is 3.52. The molecular formula is C13H23N3O3S. The van der Waals surface area contributed by atoms with Gasteiger partial charge in [-0.15, -0.1) is 0 Å². The first kappa shape index (κ1) is 15.5. The molecule has 6 nitrogen and oxygen atoms in total. The molecule has 0 bridgehead atoms. The molecule has 1 aliphatic carbocycles. The van der Waals surface area contributed by atoms with Crippen LogP contribution in [0.3, 0.4) is 0 Å². The summed E-state index contributed by atoms with van der Waals surface area (Å²) in [7, 11) is 0.00161. The quantitative estimate of drug-likeness (QED) is 0.735. The van der Waals surface area contributed by atoms with Gasteiger partial charge in [-0.3, -0.25) is 0 Å². The summed E-state index contributed by atoms with van der Waals surface area (Å²) in [4.78, 5) is 0.281. The third kappa shape index (κ3) is 3.41. The van der Waals surface area contributed by atoms with E-state index in [0.717, 1.165) is 25.0 Å². The lowest BCUT2D eigenvalue weighted by Crippen LogP contribution is -2.30. The van der Waals surface area contributed by atoms with Crippen molar-refractivity contribution in [2.75, 3.05) is 20.3 Å². The lowest BCUT2D eigenvalue weighted by atomic mass is 10.0. The van der Waals surface area contributed by atoms with Crippen LogP contribution in [0.25, 0.3) is 0 Å². The summed E-state index contributed by atoms with van der Waals surface area (Å²) in [5.41, 5.74) is 6.45. The van der Waals surface area contributed by atoms with Crippen LogP contribution in [-0.4, -0.2) is 33.2 Å². The van der Waals surface area contributed by atoms with Crippen LogP contribution in [0.5, 0.6) is 0 Å². The number of ether oxygens (including phenoxy) is 1. The molecule has 0 atom stereocenters. The summed E-state index contributed by atoms with van der Waals surface area (Å²) in [6.45, 7) is 1.47. The number of sulfonamides is 1. The number of nitrogens with two attached hydrogens (primary N) is 1. The Bertz CT molecular complexity index is 561. The van der Waals surface area contributed by atoms with Crippen LogP contribution in [0, 0.1) is 5.41 Å². The fourth-order valence-electron chi connectivity index (χ4n) is 2.27. The van der Waals surface area contributed by atoms with Crippen LogP contribution in [0.2, 0.25) is 0 Å². The van der Waals surface area contributed by atoms with Crippen LogP contribution in [0.4, 0.5) is 0 Å². The topological polar surface area (TPSA) is 86.3 Å². The minimum Gasteiger partial charge on any atom is -0.385 e. The van der Waals surface area contributed by atoms with E-state index in [2.05, 4.69) is 4.72 Å². The number of hydrogen-bond acceptors (Lipinski definition) is 4. The van der Waals surface area contributed by atoms with E-state index in [1.54, 1.807) is 31.0 Å². The van der Waals surface area contributed by atoms with Crippen LogP contribution in [0.1, 0.15) is 25.0 Å². The molecule has 0 saturated heterocycles. The Morgan fingerprint density at radius 3 is 2.70 bits per heavy atom. The zero-order valence-corrected chi connectivity index (χ0v) is 12.9. The number of hydrogen-bond donors (Lipinski definition) is 2. The smallest absolute Gasteiger partial charge is 0.242 e. The van der Waals surface area contributed by atoms with E-state index in [9.17, 15) is 8.42 Å². The van der Waals surface area contributed by atoms with Gasteiger partial charge in [0.2, 0.25) is 10.0 Å². The molecule has 0 radical (unpaired) electrons.